The number of hydrogen-bond donors (Lipinski definition) is 2. The first-order valence-corrected chi connectivity index (χ1v) is 9.51. The van der Waals surface area contributed by atoms with E-state index in [9.17, 15) is 9.59 Å². The van der Waals surface area contributed by atoms with Gasteiger partial charge in [-0.15, -0.1) is 11.8 Å². The van der Waals surface area contributed by atoms with Crippen LogP contribution in [-0.4, -0.2) is 23.2 Å². The summed E-state index contributed by atoms with van der Waals surface area (Å²) >= 11 is 13.4. The summed E-state index contributed by atoms with van der Waals surface area (Å²) in [6.45, 7) is 3.45. The van der Waals surface area contributed by atoms with Gasteiger partial charge in [0.2, 0.25) is 5.91 Å². The number of amides is 2. The molecule has 2 atom stereocenters. The third-order valence-corrected chi connectivity index (χ3v) is 5.58. The minimum Gasteiger partial charge on any atom is -0.479 e. The van der Waals surface area contributed by atoms with Crippen LogP contribution >= 0.6 is 35.0 Å². The lowest BCUT2D eigenvalue weighted by atomic mass is 10.2. The maximum absolute atomic E-state index is 12.5. The summed E-state index contributed by atoms with van der Waals surface area (Å²) in [7, 11) is 0. The highest BCUT2D eigenvalue weighted by Crippen LogP contribution is 2.34. The first-order valence-electron chi connectivity index (χ1n) is 7.87. The topological polar surface area (TPSA) is 67.4 Å². The van der Waals surface area contributed by atoms with E-state index in [1.807, 2.05) is 0 Å². The predicted octanol–water partition coefficient (Wildman–Crippen LogP) is 4.83. The Morgan fingerprint density at radius 1 is 1.27 bits per heavy atom. The van der Waals surface area contributed by atoms with Gasteiger partial charge in [-0.3, -0.25) is 9.59 Å². The first-order chi connectivity index (χ1) is 12.3. The maximum atomic E-state index is 12.5. The molecule has 2 N–H and O–H groups in total. The zero-order valence-corrected chi connectivity index (χ0v) is 16.3. The van der Waals surface area contributed by atoms with Gasteiger partial charge in [0.05, 0.1) is 16.0 Å². The molecule has 2 amide bonds. The molecule has 3 rings (SSSR count). The lowest BCUT2D eigenvalue weighted by molar-refractivity contribution is -0.122. The van der Waals surface area contributed by atoms with Crippen molar-refractivity contribution in [3.63, 3.8) is 0 Å². The van der Waals surface area contributed by atoms with Gasteiger partial charge in [0, 0.05) is 15.6 Å². The molecular weight excluding hydrogens is 395 g/mol. The summed E-state index contributed by atoms with van der Waals surface area (Å²) in [5.41, 5.74) is 1.10. The average molecular weight is 411 g/mol. The van der Waals surface area contributed by atoms with E-state index in [0.717, 1.165) is 4.90 Å². The molecule has 2 aromatic rings. The average Bonchev–Trinajstić information content (AvgIpc) is 2.59. The van der Waals surface area contributed by atoms with Gasteiger partial charge in [-0.25, -0.2) is 0 Å². The maximum Gasteiger partial charge on any atom is 0.265 e. The van der Waals surface area contributed by atoms with Crippen molar-refractivity contribution in [1.82, 2.24) is 0 Å². The highest BCUT2D eigenvalue weighted by molar-refractivity contribution is 8.00. The highest BCUT2D eigenvalue weighted by Gasteiger charge is 2.24. The Kier molecular flexibility index (Phi) is 5.65. The number of benzene rings is 2. The third-order valence-electron chi connectivity index (χ3n) is 3.74. The molecule has 1 aliphatic rings. The molecule has 0 fully saturated rings. The van der Waals surface area contributed by atoms with E-state index < -0.39 is 11.4 Å². The molecule has 1 heterocycles. The van der Waals surface area contributed by atoms with Gasteiger partial charge in [-0.1, -0.05) is 23.2 Å². The number of halogens is 2. The highest BCUT2D eigenvalue weighted by atomic mass is 35.5. The van der Waals surface area contributed by atoms with E-state index in [1.165, 1.54) is 11.8 Å². The van der Waals surface area contributed by atoms with Gasteiger partial charge in [-0.2, -0.15) is 0 Å². The minimum atomic E-state index is -0.540. The van der Waals surface area contributed by atoms with E-state index in [1.54, 1.807) is 50.2 Å². The second-order valence-electron chi connectivity index (χ2n) is 5.78. The summed E-state index contributed by atoms with van der Waals surface area (Å²) in [5, 5.41) is 6.29. The van der Waals surface area contributed by atoms with Gasteiger partial charge < -0.3 is 15.4 Å². The zero-order valence-electron chi connectivity index (χ0n) is 14.0. The molecule has 136 valence electrons. The standard InChI is InChI=1S/C18H16Cl2N2O3S/c1-9-17(23)22-14-8-12(4-6-15(14)25-9)21-18(24)10(2)26-16-7-11(19)3-5-13(16)20/h3-10H,1-2H3,(H,21,24)(H,22,23). The predicted molar refractivity (Wildman–Crippen MR) is 106 cm³/mol. The van der Waals surface area contributed by atoms with E-state index >= 15 is 0 Å². The molecule has 0 bridgehead atoms. The SMILES string of the molecule is CC1Oc2ccc(NC(=O)C(C)Sc3cc(Cl)ccc3Cl)cc2NC1=O. The van der Waals surface area contributed by atoms with Gasteiger partial charge in [0.25, 0.3) is 5.91 Å². The molecule has 0 saturated heterocycles. The van der Waals surface area contributed by atoms with Crippen molar-refractivity contribution in [3.05, 3.63) is 46.4 Å². The molecule has 0 radical (unpaired) electrons. The molecular formula is C18H16Cl2N2O3S. The lowest BCUT2D eigenvalue weighted by Crippen LogP contribution is -2.34. The van der Waals surface area contributed by atoms with Crippen LogP contribution in [-0.2, 0) is 9.59 Å². The molecule has 0 aromatic heterocycles. The van der Waals surface area contributed by atoms with Crippen molar-refractivity contribution >= 4 is 58.2 Å². The molecule has 2 unspecified atom stereocenters. The number of hydrogen-bond acceptors (Lipinski definition) is 4. The Hall–Kier alpha value is -1.89. The van der Waals surface area contributed by atoms with E-state index in [4.69, 9.17) is 27.9 Å². The summed E-state index contributed by atoms with van der Waals surface area (Å²) in [5.74, 6) is 0.158. The second kappa shape index (κ2) is 7.78. The normalized spacial score (nSPS) is 16.9. The number of carbonyl (C=O) groups excluding carboxylic acids is 2. The van der Waals surface area contributed by atoms with Crippen molar-refractivity contribution < 1.29 is 14.3 Å². The van der Waals surface area contributed by atoms with Gasteiger partial charge in [0.15, 0.2) is 6.10 Å². The molecule has 5 nitrogen and oxygen atoms in total. The van der Waals surface area contributed by atoms with E-state index in [-0.39, 0.29) is 11.8 Å². The minimum absolute atomic E-state index is 0.192. The molecule has 0 spiro atoms. The number of ether oxygens (including phenoxy) is 1. The fraction of sp³-hybridized carbons (Fsp3) is 0.222. The summed E-state index contributed by atoms with van der Waals surface area (Å²) < 4.78 is 5.50. The smallest absolute Gasteiger partial charge is 0.265 e. The van der Waals surface area contributed by atoms with Gasteiger partial charge in [-0.05, 0) is 50.2 Å². The van der Waals surface area contributed by atoms with Crippen molar-refractivity contribution in [1.29, 1.82) is 0 Å². The largest absolute Gasteiger partial charge is 0.479 e. The van der Waals surface area contributed by atoms with Crippen LogP contribution in [0.4, 0.5) is 11.4 Å². The molecule has 0 aliphatic carbocycles. The van der Waals surface area contributed by atoms with E-state index in [2.05, 4.69) is 10.6 Å². The monoisotopic (exact) mass is 410 g/mol. The van der Waals surface area contributed by atoms with Crippen molar-refractivity contribution in [2.45, 2.75) is 30.1 Å². The van der Waals surface area contributed by atoms with Crippen molar-refractivity contribution in [3.8, 4) is 5.75 Å². The van der Waals surface area contributed by atoms with Gasteiger partial charge in [0.1, 0.15) is 5.75 Å². The summed E-state index contributed by atoms with van der Waals surface area (Å²) in [6.07, 6.45) is -0.540. The Balaban J connectivity index is 1.69. The van der Waals surface area contributed by atoms with Gasteiger partial charge >= 0.3 is 0 Å². The lowest BCUT2D eigenvalue weighted by Gasteiger charge is -2.24. The fourth-order valence-corrected chi connectivity index (χ4v) is 3.75. The van der Waals surface area contributed by atoms with Crippen LogP contribution in [0, 0.1) is 0 Å². The van der Waals surface area contributed by atoms with Crippen LogP contribution in [0.1, 0.15) is 13.8 Å². The van der Waals surface area contributed by atoms with Crippen LogP contribution in [0.2, 0.25) is 10.0 Å². The number of fused-ring (bicyclic) bond motifs is 1. The number of carbonyl (C=O) groups is 2. The van der Waals surface area contributed by atoms with Crippen LogP contribution in [0.15, 0.2) is 41.3 Å². The number of thioether (sulfide) groups is 1. The van der Waals surface area contributed by atoms with Crippen LogP contribution in [0.5, 0.6) is 5.75 Å². The number of rotatable bonds is 4. The summed E-state index contributed by atoms with van der Waals surface area (Å²) in [4.78, 5) is 24.9. The quantitative estimate of drug-likeness (QED) is 0.708. The third kappa shape index (κ3) is 4.26. The second-order valence-corrected chi connectivity index (χ2v) is 8.01. The van der Waals surface area contributed by atoms with Crippen molar-refractivity contribution in [2.75, 3.05) is 10.6 Å². The Labute approximate surface area is 165 Å². The summed E-state index contributed by atoms with van der Waals surface area (Å²) in [6, 6.07) is 10.2. The number of nitrogens with one attached hydrogen (secondary N) is 2. The van der Waals surface area contributed by atoms with Crippen LogP contribution < -0.4 is 15.4 Å². The molecule has 1 aliphatic heterocycles. The first kappa shape index (κ1) is 18.9. The van der Waals surface area contributed by atoms with Crippen molar-refractivity contribution in [2.24, 2.45) is 0 Å². The molecule has 2 aromatic carbocycles. The van der Waals surface area contributed by atoms with E-state index in [0.29, 0.717) is 27.2 Å². The Morgan fingerprint density at radius 3 is 2.81 bits per heavy atom. The number of anilines is 2. The molecule has 8 heteroatoms. The molecule has 0 saturated carbocycles. The molecule has 26 heavy (non-hydrogen) atoms. The van der Waals surface area contributed by atoms with Crippen LogP contribution in [0.3, 0.4) is 0 Å². The zero-order chi connectivity index (χ0) is 18.8. The Morgan fingerprint density at radius 2 is 2.04 bits per heavy atom. The fourth-order valence-electron chi connectivity index (χ4n) is 2.34. The Bertz CT molecular complexity index is 876. The van der Waals surface area contributed by atoms with Crippen LogP contribution in [0.25, 0.3) is 0 Å².